The molecule has 0 N–H and O–H groups in total. The van der Waals surface area contributed by atoms with Crippen molar-refractivity contribution in [2.24, 2.45) is 0 Å². The lowest BCUT2D eigenvalue weighted by Gasteiger charge is -2.22. The third-order valence-electron chi connectivity index (χ3n) is 3.61. The Labute approximate surface area is 105 Å². The van der Waals surface area contributed by atoms with Crippen LogP contribution in [0.2, 0.25) is 0 Å². The molecule has 2 rings (SSSR count). The van der Waals surface area contributed by atoms with Gasteiger partial charge in [-0.25, -0.2) is 0 Å². The summed E-state index contributed by atoms with van der Waals surface area (Å²) in [6.07, 6.45) is 3.45. The minimum absolute atomic E-state index is 0.621. The van der Waals surface area contributed by atoms with Crippen molar-refractivity contribution in [2.75, 3.05) is 20.2 Å². The Kier molecular flexibility index (Phi) is 4.06. The molecule has 94 valence electrons. The van der Waals surface area contributed by atoms with Crippen molar-refractivity contribution in [3.8, 4) is 5.75 Å². The van der Waals surface area contributed by atoms with Crippen LogP contribution < -0.4 is 4.74 Å². The van der Waals surface area contributed by atoms with E-state index < -0.39 is 0 Å². The lowest BCUT2D eigenvalue weighted by atomic mass is 10.0. The largest absolute Gasteiger partial charge is 0.493 e. The molecule has 0 bridgehead atoms. The lowest BCUT2D eigenvalue weighted by molar-refractivity contribution is 0.276. The Hall–Kier alpha value is -1.02. The number of ether oxygens (including phenoxy) is 1. The van der Waals surface area contributed by atoms with Crippen LogP contribution in [-0.4, -0.2) is 31.1 Å². The van der Waals surface area contributed by atoms with Gasteiger partial charge < -0.3 is 9.64 Å². The van der Waals surface area contributed by atoms with Crippen LogP contribution in [0.3, 0.4) is 0 Å². The molecule has 0 saturated carbocycles. The van der Waals surface area contributed by atoms with Gasteiger partial charge in [-0.15, -0.1) is 0 Å². The molecule has 1 aliphatic heterocycles. The Morgan fingerprint density at radius 2 is 2.18 bits per heavy atom. The molecule has 0 radical (unpaired) electrons. The highest BCUT2D eigenvalue weighted by Gasteiger charge is 2.11. The lowest BCUT2D eigenvalue weighted by Crippen LogP contribution is -2.28. The zero-order valence-corrected chi connectivity index (χ0v) is 11.2. The van der Waals surface area contributed by atoms with E-state index in [-0.39, 0.29) is 0 Å². The van der Waals surface area contributed by atoms with Gasteiger partial charge in [-0.1, -0.05) is 12.1 Å². The Morgan fingerprint density at radius 1 is 1.35 bits per heavy atom. The highest BCUT2D eigenvalue weighted by atomic mass is 16.5. The third-order valence-corrected chi connectivity index (χ3v) is 3.61. The first-order valence-electron chi connectivity index (χ1n) is 6.61. The minimum atomic E-state index is 0.621. The molecule has 0 aliphatic carbocycles. The number of benzene rings is 1. The molecule has 1 aromatic rings. The Morgan fingerprint density at radius 3 is 2.94 bits per heavy atom. The van der Waals surface area contributed by atoms with Crippen molar-refractivity contribution in [2.45, 2.75) is 39.2 Å². The van der Waals surface area contributed by atoms with Crippen LogP contribution in [0.5, 0.6) is 5.75 Å². The zero-order chi connectivity index (χ0) is 12.3. The van der Waals surface area contributed by atoms with E-state index in [1.165, 1.54) is 17.5 Å². The van der Waals surface area contributed by atoms with E-state index in [0.29, 0.717) is 6.04 Å². The minimum Gasteiger partial charge on any atom is -0.493 e. The highest BCUT2D eigenvalue weighted by molar-refractivity contribution is 5.38. The van der Waals surface area contributed by atoms with E-state index in [9.17, 15) is 0 Å². The highest BCUT2D eigenvalue weighted by Crippen LogP contribution is 2.25. The number of hydrogen-bond donors (Lipinski definition) is 0. The van der Waals surface area contributed by atoms with Crippen molar-refractivity contribution in [3.63, 3.8) is 0 Å². The molecule has 1 aliphatic rings. The SMILES string of the molecule is CC(C)N(C)CCc1ccc2c(c1)CCCO2. The number of rotatable bonds is 4. The van der Waals surface area contributed by atoms with Gasteiger partial charge in [0, 0.05) is 12.6 Å². The molecule has 0 unspecified atom stereocenters. The van der Waals surface area contributed by atoms with Gasteiger partial charge in [0.1, 0.15) is 5.75 Å². The van der Waals surface area contributed by atoms with E-state index in [2.05, 4.69) is 44.0 Å². The molecule has 0 amide bonds. The number of hydrogen-bond acceptors (Lipinski definition) is 2. The molecular weight excluding hydrogens is 210 g/mol. The maximum Gasteiger partial charge on any atom is 0.122 e. The number of likely N-dealkylation sites (N-methyl/N-ethyl adjacent to an activating group) is 1. The summed E-state index contributed by atoms with van der Waals surface area (Å²) < 4.78 is 5.63. The van der Waals surface area contributed by atoms with Crippen LogP contribution in [0.25, 0.3) is 0 Å². The average Bonchev–Trinajstić information content (AvgIpc) is 2.35. The van der Waals surface area contributed by atoms with Gasteiger partial charge >= 0.3 is 0 Å². The quantitative estimate of drug-likeness (QED) is 0.793. The summed E-state index contributed by atoms with van der Waals surface area (Å²) in [7, 11) is 2.19. The number of aryl methyl sites for hydroxylation is 1. The van der Waals surface area contributed by atoms with Gasteiger partial charge in [0.2, 0.25) is 0 Å². The van der Waals surface area contributed by atoms with Gasteiger partial charge in [0.25, 0.3) is 0 Å². The topological polar surface area (TPSA) is 12.5 Å². The first kappa shape index (κ1) is 12.4. The molecule has 17 heavy (non-hydrogen) atoms. The van der Waals surface area contributed by atoms with Crippen molar-refractivity contribution >= 4 is 0 Å². The second-order valence-corrected chi connectivity index (χ2v) is 5.22. The second-order valence-electron chi connectivity index (χ2n) is 5.22. The summed E-state index contributed by atoms with van der Waals surface area (Å²) in [4.78, 5) is 2.38. The molecule has 2 heteroatoms. The van der Waals surface area contributed by atoms with Crippen molar-refractivity contribution in [1.82, 2.24) is 4.90 Å². The third kappa shape index (κ3) is 3.22. The molecule has 0 atom stereocenters. The van der Waals surface area contributed by atoms with E-state index >= 15 is 0 Å². The van der Waals surface area contributed by atoms with E-state index in [1.54, 1.807) is 0 Å². The predicted octanol–water partition coefficient (Wildman–Crippen LogP) is 2.89. The number of fused-ring (bicyclic) bond motifs is 1. The molecule has 0 fully saturated rings. The summed E-state index contributed by atoms with van der Waals surface area (Å²) in [5.41, 5.74) is 2.82. The Bertz CT molecular complexity index is 373. The fraction of sp³-hybridized carbons (Fsp3) is 0.600. The predicted molar refractivity (Wildman–Crippen MR) is 71.7 cm³/mol. The first-order chi connectivity index (χ1) is 8.16. The van der Waals surface area contributed by atoms with Gasteiger partial charge in [0.15, 0.2) is 0 Å². The van der Waals surface area contributed by atoms with Crippen LogP contribution in [0.1, 0.15) is 31.4 Å². The zero-order valence-electron chi connectivity index (χ0n) is 11.2. The maximum atomic E-state index is 5.63. The average molecular weight is 233 g/mol. The summed E-state index contributed by atoms with van der Waals surface area (Å²) in [6.45, 7) is 6.47. The molecule has 0 saturated heterocycles. The standard InChI is InChI=1S/C15H23NO/c1-12(2)16(3)9-8-13-6-7-15-14(11-13)5-4-10-17-15/h6-7,11-12H,4-5,8-10H2,1-3H3. The fourth-order valence-corrected chi connectivity index (χ4v) is 2.13. The molecule has 0 aromatic heterocycles. The normalized spacial score (nSPS) is 14.9. The van der Waals surface area contributed by atoms with Crippen molar-refractivity contribution in [3.05, 3.63) is 29.3 Å². The molecule has 0 spiro atoms. The molecular formula is C15H23NO. The molecule has 2 nitrogen and oxygen atoms in total. The molecule has 1 aromatic carbocycles. The Balaban J connectivity index is 1.97. The summed E-state index contributed by atoms with van der Waals surface area (Å²) in [5.74, 6) is 1.09. The van der Waals surface area contributed by atoms with Gasteiger partial charge in [0.05, 0.1) is 6.61 Å². The van der Waals surface area contributed by atoms with Crippen LogP contribution in [-0.2, 0) is 12.8 Å². The van der Waals surface area contributed by atoms with Crippen LogP contribution in [0.4, 0.5) is 0 Å². The van der Waals surface area contributed by atoms with Crippen LogP contribution in [0.15, 0.2) is 18.2 Å². The first-order valence-corrected chi connectivity index (χ1v) is 6.61. The van der Waals surface area contributed by atoms with E-state index in [4.69, 9.17) is 4.74 Å². The van der Waals surface area contributed by atoms with Gasteiger partial charge in [-0.05, 0) is 57.4 Å². The van der Waals surface area contributed by atoms with Gasteiger partial charge in [-0.2, -0.15) is 0 Å². The number of nitrogens with zero attached hydrogens (tertiary/aromatic N) is 1. The fourth-order valence-electron chi connectivity index (χ4n) is 2.13. The smallest absolute Gasteiger partial charge is 0.122 e. The van der Waals surface area contributed by atoms with Crippen LogP contribution >= 0.6 is 0 Å². The maximum absolute atomic E-state index is 5.63. The monoisotopic (exact) mass is 233 g/mol. The van der Waals surface area contributed by atoms with E-state index in [0.717, 1.165) is 31.7 Å². The summed E-state index contributed by atoms with van der Waals surface area (Å²) in [5, 5.41) is 0. The van der Waals surface area contributed by atoms with E-state index in [1.807, 2.05) is 0 Å². The molecule has 1 heterocycles. The van der Waals surface area contributed by atoms with Gasteiger partial charge in [-0.3, -0.25) is 0 Å². The summed E-state index contributed by atoms with van der Waals surface area (Å²) in [6, 6.07) is 7.29. The van der Waals surface area contributed by atoms with Crippen molar-refractivity contribution < 1.29 is 4.74 Å². The van der Waals surface area contributed by atoms with Crippen molar-refractivity contribution in [1.29, 1.82) is 0 Å². The summed E-state index contributed by atoms with van der Waals surface area (Å²) >= 11 is 0. The van der Waals surface area contributed by atoms with Crippen LogP contribution in [0, 0.1) is 0 Å². The second kappa shape index (κ2) is 5.54.